The molecule has 0 spiro atoms. The predicted octanol–water partition coefficient (Wildman–Crippen LogP) is 3.70. The Kier molecular flexibility index (Phi) is 4.25. The number of carbonyl (C=O) groups excluding carboxylic acids is 1. The van der Waals surface area contributed by atoms with Crippen LogP contribution in [0, 0.1) is 24.2 Å². The topological polar surface area (TPSA) is 100 Å². The van der Waals surface area contributed by atoms with Gasteiger partial charge in [0, 0.05) is 23.4 Å². The molecule has 0 bridgehead atoms. The van der Waals surface area contributed by atoms with Crippen LogP contribution in [0.3, 0.4) is 0 Å². The fourth-order valence-corrected chi connectivity index (χ4v) is 5.70. The lowest BCUT2D eigenvalue weighted by atomic mass is 9.62. The number of rotatable bonds is 2. The first-order valence-corrected chi connectivity index (χ1v) is 9.97. The van der Waals surface area contributed by atoms with E-state index < -0.39 is 11.5 Å². The van der Waals surface area contributed by atoms with Crippen molar-refractivity contribution in [2.75, 3.05) is 5.73 Å². The van der Waals surface area contributed by atoms with E-state index in [2.05, 4.69) is 6.07 Å². The molecule has 0 amide bonds. The largest absolute Gasteiger partial charge is 0.396 e. The summed E-state index contributed by atoms with van der Waals surface area (Å²) in [7, 11) is 0. The van der Waals surface area contributed by atoms with Crippen molar-refractivity contribution >= 4 is 33.0 Å². The summed E-state index contributed by atoms with van der Waals surface area (Å²) >= 11 is 1.27. The molecule has 0 saturated heterocycles. The summed E-state index contributed by atoms with van der Waals surface area (Å²) < 4.78 is 0. The van der Waals surface area contributed by atoms with E-state index in [9.17, 15) is 15.2 Å². The number of nitrogen functional groups attached to an aromatic ring is 1. The van der Waals surface area contributed by atoms with Crippen molar-refractivity contribution in [3.63, 3.8) is 0 Å². The van der Waals surface area contributed by atoms with Gasteiger partial charge in [-0.25, -0.2) is 4.98 Å². The Balaban J connectivity index is 2.12. The second-order valence-corrected chi connectivity index (χ2v) is 8.74. The van der Waals surface area contributed by atoms with E-state index in [4.69, 9.17) is 10.7 Å². The quantitative estimate of drug-likeness (QED) is 0.694. The van der Waals surface area contributed by atoms with Gasteiger partial charge in [-0.3, -0.25) is 4.79 Å². The molecule has 3 unspecified atom stereocenters. The summed E-state index contributed by atoms with van der Waals surface area (Å²) in [6.45, 7) is 5.18. The van der Waals surface area contributed by atoms with Crippen LogP contribution in [0.25, 0.3) is 10.2 Å². The lowest BCUT2D eigenvalue weighted by Gasteiger charge is -2.43. The fourth-order valence-electron chi connectivity index (χ4n) is 4.73. The highest BCUT2D eigenvalue weighted by Gasteiger charge is 2.48. The smallest absolute Gasteiger partial charge is 0.136 e. The minimum absolute atomic E-state index is 0.0556. The first-order chi connectivity index (χ1) is 13.3. The van der Waals surface area contributed by atoms with Crippen LogP contribution in [-0.4, -0.2) is 21.5 Å². The van der Waals surface area contributed by atoms with Crippen LogP contribution in [-0.2, 0) is 11.2 Å². The van der Waals surface area contributed by atoms with Crippen LogP contribution in [0.4, 0.5) is 5.69 Å². The fraction of sp³-hybridized carbons (Fsp3) is 0.318. The van der Waals surface area contributed by atoms with Crippen LogP contribution >= 0.6 is 11.3 Å². The van der Waals surface area contributed by atoms with Crippen molar-refractivity contribution in [3.05, 3.63) is 57.6 Å². The first kappa shape index (κ1) is 18.6. The summed E-state index contributed by atoms with van der Waals surface area (Å²) in [4.78, 5) is 18.5. The molecule has 2 heterocycles. The van der Waals surface area contributed by atoms with Gasteiger partial charge in [-0.1, -0.05) is 30.3 Å². The molecule has 0 radical (unpaired) electrons. The highest BCUT2D eigenvalue weighted by atomic mass is 32.1. The summed E-state index contributed by atoms with van der Waals surface area (Å²) in [5.74, 6) is -0.963. The molecule has 0 saturated carbocycles. The first-order valence-electron chi connectivity index (χ1n) is 9.15. The number of Topliss-reactive ketones (excluding diaryl/α,β-unsaturated/α-hetero) is 1. The third-order valence-electron chi connectivity index (χ3n) is 5.76. The van der Waals surface area contributed by atoms with Crippen LogP contribution in [0.2, 0.25) is 0 Å². The minimum atomic E-state index is -1.23. The van der Waals surface area contributed by atoms with Gasteiger partial charge in [0.2, 0.25) is 0 Å². The number of thiophene rings is 1. The van der Waals surface area contributed by atoms with Gasteiger partial charge >= 0.3 is 0 Å². The summed E-state index contributed by atoms with van der Waals surface area (Å²) in [5.41, 5.74) is 9.08. The average molecular weight is 391 g/mol. The molecule has 0 fully saturated rings. The number of fused-ring (bicyclic) bond motifs is 3. The number of ketones is 1. The number of nitrogens with zero attached hydrogens (tertiary/aromatic N) is 2. The van der Waals surface area contributed by atoms with Gasteiger partial charge in [0.15, 0.2) is 0 Å². The zero-order chi connectivity index (χ0) is 20.2. The van der Waals surface area contributed by atoms with Crippen molar-refractivity contribution in [1.82, 2.24) is 4.98 Å². The lowest BCUT2D eigenvalue weighted by molar-refractivity contribution is -0.130. The van der Waals surface area contributed by atoms with Crippen LogP contribution in [0.1, 0.15) is 47.0 Å². The third kappa shape index (κ3) is 2.62. The number of anilines is 1. The Hall–Kier alpha value is -2.75. The van der Waals surface area contributed by atoms with Gasteiger partial charge in [-0.2, -0.15) is 5.26 Å². The highest BCUT2D eigenvalue weighted by Crippen LogP contribution is 2.50. The molecule has 142 valence electrons. The standard InChI is InChI=1S/C22H21N3O2S/c1-11-16-14(18-20(24)15(10-23)28-21(18)25-11)9-22(3,27)19(12(2)26)17(16)13-7-5-4-6-8-13/h4-8,17,19,27H,9,24H2,1-3H3. The Morgan fingerprint density at radius 1 is 1.39 bits per heavy atom. The van der Waals surface area contributed by atoms with Crippen LogP contribution < -0.4 is 5.73 Å². The van der Waals surface area contributed by atoms with Gasteiger partial charge in [-0.15, -0.1) is 11.3 Å². The molecule has 5 nitrogen and oxygen atoms in total. The highest BCUT2D eigenvalue weighted by molar-refractivity contribution is 7.19. The monoisotopic (exact) mass is 391 g/mol. The summed E-state index contributed by atoms with van der Waals surface area (Å²) in [5, 5.41) is 21.5. The third-order valence-corrected chi connectivity index (χ3v) is 6.76. The average Bonchev–Trinajstić information content (AvgIpc) is 2.96. The van der Waals surface area contributed by atoms with E-state index in [1.165, 1.54) is 18.3 Å². The molecule has 1 aliphatic rings. The van der Waals surface area contributed by atoms with E-state index in [0.717, 1.165) is 27.8 Å². The van der Waals surface area contributed by atoms with Crippen molar-refractivity contribution in [2.24, 2.45) is 5.92 Å². The number of aliphatic hydroxyl groups is 1. The predicted molar refractivity (Wildman–Crippen MR) is 110 cm³/mol. The maximum absolute atomic E-state index is 12.7. The van der Waals surface area contributed by atoms with Crippen molar-refractivity contribution < 1.29 is 9.90 Å². The normalized spacial score (nSPS) is 24.0. The van der Waals surface area contributed by atoms with E-state index in [1.807, 2.05) is 37.3 Å². The molecule has 28 heavy (non-hydrogen) atoms. The van der Waals surface area contributed by atoms with E-state index in [1.54, 1.807) is 6.92 Å². The molecular weight excluding hydrogens is 370 g/mol. The minimum Gasteiger partial charge on any atom is -0.396 e. The van der Waals surface area contributed by atoms with Crippen LogP contribution in [0.15, 0.2) is 30.3 Å². The zero-order valence-electron chi connectivity index (χ0n) is 16.0. The van der Waals surface area contributed by atoms with E-state index in [0.29, 0.717) is 21.8 Å². The van der Waals surface area contributed by atoms with Crippen molar-refractivity contribution in [1.29, 1.82) is 5.26 Å². The molecule has 6 heteroatoms. The molecule has 4 rings (SSSR count). The van der Waals surface area contributed by atoms with E-state index >= 15 is 0 Å². The Morgan fingerprint density at radius 3 is 2.68 bits per heavy atom. The number of pyridine rings is 1. The summed E-state index contributed by atoms with van der Waals surface area (Å²) in [6.07, 6.45) is 0.293. The van der Waals surface area contributed by atoms with Crippen molar-refractivity contribution in [2.45, 2.75) is 38.7 Å². The lowest BCUT2D eigenvalue weighted by Crippen LogP contribution is -2.48. The number of benzene rings is 1. The molecule has 3 atom stereocenters. The van der Waals surface area contributed by atoms with Gasteiger partial charge < -0.3 is 10.8 Å². The molecule has 1 aliphatic carbocycles. The number of hydrogen-bond acceptors (Lipinski definition) is 6. The molecule has 3 N–H and O–H groups in total. The van der Waals surface area contributed by atoms with Gasteiger partial charge in [0.05, 0.1) is 17.2 Å². The SMILES string of the molecule is CC(=O)C1C(c2ccccc2)c2c(C)nc3sc(C#N)c(N)c3c2CC1(C)O. The van der Waals surface area contributed by atoms with Gasteiger partial charge in [0.1, 0.15) is 21.6 Å². The molecule has 2 aromatic heterocycles. The van der Waals surface area contributed by atoms with E-state index in [-0.39, 0.29) is 11.7 Å². The number of carbonyl (C=O) groups is 1. The molecule has 3 aromatic rings. The van der Waals surface area contributed by atoms with Gasteiger partial charge in [-0.05, 0) is 37.5 Å². The number of hydrogen-bond donors (Lipinski definition) is 2. The number of nitriles is 1. The number of aryl methyl sites for hydroxylation is 1. The van der Waals surface area contributed by atoms with Gasteiger partial charge in [0.25, 0.3) is 0 Å². The Labute approximate surface area is 167 Å². The summed E-state index contributed by atoms with van der Waals surface area (Å²) in [6, 6.07) is 11.9. The number of nitrogens with two attached hydrogens (primary N) is 1. The maximum Gasteiger partial charge on any atom is 0.136 e. The maximum atomic E-state index is 12.7. The number of aromatic nitrogens is 1. The van der Waals surface area contributed by atoms with Crippen molar-refractivity contribution in [3.8, 4) is 6.07 Å². The second kappa shape index (κ2) is 6.40. The Bertz CT molecular complexity index is 1140. The molecular formula is C22H21N3O2S. The molecule has 1 aromatic carbocycles. The Morgan fingerprint density at radius 2 is 2.07 bits per heavy atom. The second-order valence-electron chi connectivity index (χ2n) is 7.74. The zero-order valence-corrected chi connectivity index (χ0v) is 16.8. The van der Waals surface area contributed by atoms with Crippen LogP contribution in [0.5, 0.6) is 0 Å². The molecule has 0 aliphatic heterocycles.